The van der Waals surface area contributed by atoms with Gasteiger partial charge in [-0.3, -0.25) is 0 Å². The van der Waals surface area contributed by atoms with Crippen LogP contribution in [0.5, 0.6) is 0 Å². The molecule has 4 rings (SSSR count). The molecule has 0 fully saturated rings. The van der Waals surface area contributed by atoms with Crippen LogP contribution in [0.3, 0.4) is 0 Å². The Morgan fingerprint density at radius 3 is 1.75 bits per heavy atom. The van der Waals surface area contributed by atoms with Gasteiger partial charge in [0, 0.05) is 30.1 Å². The minimum atomic E-state index is -0.446. The molecule has 0 saturated heterocycles. The molecule has 0 N–H and O–H groups in total. The molecule has 0 amide bonds. The van der Waals surface area contributed by atoms with Gasteiger partial charge in [-0.1, -0.05) is 90.5 Å². The summed E-state index contributed by atoms with van der Waals surface area (Å²) in [6.45, 7) is 8.69. The van der Waals surface area contributed by atoms with Crippen molar-refractivity contribution in [2.75, 3.05) is 4.90 Å². The van der Waals surface area contributed by atoms with Crippen LogP contribution in [0.1, 0.15) is 33.4 Å². The topological polar surface area (TPSA) is 55.8 Å². The number of ether oxygens (including phenoxy) is 2. The number of anilines is 2. The van der Waals surface area contributed by atoms with E-state index in [0.29, 0.717) is 6.54 Å². The lowest BCUT2D eigenvalue weighted by Gasteiger charge is -2.26. The molecule has 0 spiro atoms. The van der Waals surface area contributed by atoms with Crippen molar-refractivity contribution in [1.82, 2.24) is 0 Å². The highest BCUT2D eigenvalue weighted by Gasteiger charge is 2.12. The molecule has 4 aromatic carbocycles. The van der Waals surface area contributed by atoms with Crippen molar-refractivity contribution in [3.8, 4) is 0 Å². The van der Waals surface area contributed by atoms with Crippen LogP contribution >= 0.6 is 0 Å². The first-order chi connectivity index (χ1) is 19.4. The first kappa shape index (κ1) is 28.1. The van der Waals surface area contributed by atoms with E-state index in [-0.39, 0.29) is 19.2 Å². The SMILES string of the molecule is C=CC(=O)OCc1ccc(N(Cc2cc(C)cc(C)c2)c2ccc(COC(=O)C=Cc3ccccc3)cc2)cc1. The highest BCUT2D eigenvalue weighted by atomic mass is 16.5. The quantitative estimate of drug-likeness (QED) is 0.147. The fraction of sp³-hybridized carbons (Fsp3) is 0.143. The predicted molar refractivity (Wildman–Crippen MR) is 160 cm³/mol. The molecular formula is C35H33NO4. The normalized spacial score (nSPS) is 10.8. The van der Waals surface area contributed by atoms with E-state index in [1.54, 1.807) is 6.08 Å². The summed E-state index contributed by atoms with van der Waals surface area (Å²) in [5.41, 5.74) is 8.37. The lowest BCUT2D eigenvalue weighted by atomic mass is 10.1. The molecule has 0 unspecified atom stereocenters. The van der Waals surface area contributed by atoms with Crippen molar-refractivity contribution in [1.29, 1.82) is 0 Å². The van der Waals surface area contributed by atoms with Crippen molar-refractivity contribution in [2.24, 2.45) is 0 Å². The zero-order valence-electron chi connectivity index (χ0n) is 22.9. The summed E-state index contributed by atoms with van der Waals surface area (Å²) in [5.74, 6) is -0.832. The third-order valence-corrected chi connectivity index (χ3v) is 6.26. The Kier molecular flexibility index (Phi) is 9.67. The number of carbonyl (C=O) groups is 2. The second-order valence-electron chi connectivity index (χ2n) is 9.58. The average molecular weight is 532 g/mol. The number of hydrogen-bond donors (Lipinski definition) is 0. The third kappa shape index (κ3) is 8.30. The standard InChI is InChI=1S/C35H33NO4/c1-4-34(37)39-24-29-10-15-32(16-11-29)36(23-31-21-26(2)20-27(3)22-31)33-17-12-30(13-18-33)25-40-35(38)19-14-28-8-6-5-7-9-28/h4-22H,1,23-25H2,2-3H3. The maximum atomic E-state index is 12.2. The van der Waals surface area contributed by atoms with Gasteiger partial charge < -0.3 is 14.4 Å². The van der Waals surface area contributed by atoms with E-state index in [9.17, 15) is 9.59 Å². The van der Waals surface area contributed by atoms with Gasteiger partial charge in [0.1, 0.15) is 13.2 Å². The Labute approximate surface area is 236 Å². The van der Waals surface area contributed by atoms with E-state index in [2.05, 4.69) is 43.5 Å². The number of carbonyl (C=O) groups excluding carboxylic acids is 2. The van der Waals surface area contributed by atoms with E-state index in [1.165, 1.54) is 22.8 Å². The van der Waals surface area contributed by atoms with Crippen LogP contribution in [0.4, 0.5) is 11.4 Å². The largest absolute Gasteiger partial charge is 0.458 e. The zero-order chi connectivity index (χ0) is 28.3. The van der Waals surface area contributed by atoms with Gasteiger partial charge in [0.15, 0.2) is 0 Å². The van der Waals surface area contributed by atoms with Crippen LogP contribution in [0.2, 0.25) is 0 Å². The van der Waals surface area contributed by atoms with Crippen molar-refractivity contribution >= 4 is 29.4 Å². The number of nitrogens with zero attached hydrogens (tertiary/aromatic N) is 1. The van der Waals surface area contributed by atoms with Crippen LogP contribution in [0, 0.1) is 13.8 Å². The van der Waals surface area contributed by atoms with E-state index in [0.717, 1.165) is 34.1 Å². The highest BCUT2D eigenvalue weighted by Crippen LogP contribution is 2.29. The van der Waals surface area contributed by atoms with Gasteiger partial charge in [-0.15, -0.1) is 0 Å². The number of rotatable bonds is 11. The molecule has 5 nitrogen and oxygen atoms in total. The molecule has 0 aliphatic heterocycles. The Bertz CT molecular complexity index is 1450. The van der Waals surface area contributed by atoms with E-state index in [4.69, 9.17) is 9.47 Å². The molecule has 0 radical (unpaired) electrons. The fourth-order valence-corrected chi connectivity index (χ4v) is 4.36. The van der Waals surface area contributed by atoms with E-state index in [1.807, 2.05) is 78.9 Å². The van der Waals surface area contributed by atoms with Crippen molar-refractivity contribution in [2.45, 2.75) is 33.6 Å². The monoisotopic (exact) mass is 531 g/mol. The highest BCUT2D eigenvalue weighted by molar-refractivity contribution is 5.87. The Morgan fingerprint density at radius 2 is 1.23 bits per heavy atom. The van der Waals surface area contributed by atoms with Crippen LogP contribution in [0.25, 0.3) is 6.08 Å². The Balaban J connectivity index is 1.48. The first-order valence-corrected chi connectivity index (χ1v) is 13.1. The Hall–Kier alpha value is -4.90. The molecule has 202 valence electrons. The summed E-state index contributed by atoms with van der Waals surface area (Å²) >= 11 is 0. The van der Waals surface area contributed by atoms with Crippen LogP contribution in [-0.2, 0) is 38.8 Å². The molecule has 0 bridgehead atoms. The molecule has 0 aromatic heterocycles. The minimum absolute atomic E-state index is 0.188. The number of aryl methyl sites for hydroxylation is 2. The summed E-state index contributed by atoms with van der Waals surface area (Å²) in [7, 11) is 0. The van der Waals surface area contributed by atoms with Gasteiger partial charge >= 0.3 is 11.9 Å². The summed E-state index contributed by atoms with van der Waals surface area (Å²) in [6.07, 6.45) is 4.34. The van der Waals surface area contributed by atoms with Crippen molar-refractivity contribution in [3.63, 3.8) is 0 Å². The van der Waals surface area contributed by atoms with E-state index < -0.39 is 5.97 Å². The van der Waals surface area contributed by atoms with Crippen molar-refractivity contribution < 1.29 is 19.1 Å². The van der Waals surface area contributed by atoms with E-state index >= 15 is 0 Å². The van der Waals surface area contributed by atoms with Gasteiger partial charge in [-0.05, 0) is 66.4 Å². The number of esters is 2. The summed E-state index contributed by atoms with van der Waals surface area (Å²) < 4.78 is 10.6. The molecule has 0 heterocycles. The van der Waals surface area contributed by atoms with Gasteiger partial charge in [0.05, 0.1) is 0 Å². The van der Waals surface area contributed by atoms with Gasteiger partial charge in [0.2, 0.25) is 0 Å². The Morgan fingerprint density at radius 1 is 0.700 bits per heavy atom. The molecule has 0 aliphatic rings. The fourth-order valence-electron chi connectivity index (χ4n) is 4.36. The maximum absolute atomic E-state index is 12.2. The van der Waals surface area contributed by atoms with Crippen LogP contribution < -0.4 is 4.90 Å². The lowest BCUT2D eigenvalue weighted by Crippen LogP contribution is -2.17. The lowest BCUT2D eigenvalue weighted by molar-refractivity contribution is -0.139. The average Bonchev–Trinajstić information content (AvgIpc) is 2.97. The minimum Gasteiger partial charge on any atom is -0.458 e. The number of benzene rings is 4. The van der Waals surface area contributed by atoms with Gasteiger partial charge in [-0.25, -0.2) is 9.59 Å². The predicted octanol–water partition coefficient (Wildman–Crippen LogP) is 7.63. The summed E-state index contributed by atoms with van der Waals surface area (Å²) in [5, 5.41) is 0. The summed E-state index contributed by atoms with van der Waals surface area (Å²) in [6, 6.07) is 32.2. The van der Waals surface area contributed by atoms with Gasteiger partial charge in [-0.2, -0.15) is 0 Å². The van der Waals surface area contributed by atoms with Crippen LogP contribution in [0.15, 0.2) is 116 Å². The molecular weight excluding hydrogens is 498 g/mol. The summed E-state index contributed by atoms with van der Waals surface area (Å²) in [4.78, 5) is 25.8. The van der Waals surface area contributed by atoms with Crippen molar-refractivity contribution in [3.05, 3.63) is 149 Å². The molecule has 5 heteroatoms. The van der Waals surface area contributed by atoms with Crippen LogP contribution in [-0.4, -0.2) is 11.9 Å². The molecule has 4 aromatic rings. The zero-order valence-corrected chi connectivity index (χ0v) is 22.9. The third-order valence-electron chi connectivity index (χ3n) is 6.26. The maximum Gasteiger partial charge on any atom is 0.331 e. The molecule has 40 heavy (non-hydrogen) atoms. The second-order valence-corrected chi connectivity index (χ2v) is 9.58. The van der Waals surface area contributed by atoms with Gasteiger partial charge in [0.25, 0.3) is 0 Å². The molecule has 0 saturated carbocycles. The second kappa shape index (κ2) is 13.8. The first-order valence-electron chi connectivity index (χ1n) is 13.1. The molecule has 0 atom stereocenters. The smallest absolute Gasteiger partial charge is 0.331 e. The number of hydrogen-bond acceptors (Lipinski definition) is 5. The molecule has 0 aliphatic carbocycles.